The van der Waals surface area contributed by atoms with Crippen LogP contribution in [0, 0.1) is 11.3 Å². The van der Waals surface area contributed by atoms with E-state index in [0.717, 1.165) is 61.5 Å². The van der Waals surface area contributed by atoms with Gasteiger partial charge in [0.25, 0.3) is 0 Å². The molecule has 0 amide bonds. The molecule has 0 bridgehead atoms. The van der Waals surface area contributed by atoms with E-state index >= 15 is 0 Å². The van der Waals surface area contributed by atoms with E-state index in [1.807, 2.05) is 36.4 Å². The van der Waals surface area contributed by atoms with Crippen LogP contribution < -0.4 is 4.74 Å². The lowest BCUT2D eigenvalue weighted by Crippen LogP contribution is -1.98. The van der Waals surface area contributed by atoms with Gasteiger partial charge in [-0.15, -0.1) is 0 Å². The molecular weight excluding hydrogens is 693 g/mol. The minimum Gasteiger partial charge on any atom is -0.456 e. The Morgan fingerprint density at radius 1 is 0.368 bits per heavy atom. The van der Waals surface area contributed by atoms with Gasteiger partial charge in [-0.05, 0) is 149 Å². The molecule has 57 heavy (non-hydrogen) atoms. The normalized spacial score (nSPS) is 12.0. The summed E-state index contributed by atoms with van der Waals surface area (Å²) in [5.74, 6) is 1.54. The van der Waals surface area contributed by atoms with Gasteiger partial charge in [0.05, 0.1) is 23.0 Å². The zero-order valence-corrected chi connectivity index (χ0v) is 30.6. The van der Waals surface area contributed by atoms with E-state index in [4.69, 9.17) is 9.72 Å². The fraction of sp³-hybridized carbons (Fsp3) is 0. The first kappa shape index (κ1) is 31.5. The van der Waals surface area contributed by atoms with Crippen molar-refractivity contribution in [1.82, 2.24) is 4.98 Å². The first-order valence-electron chi connectivity index (χ1n) is 19.2. The van der Waals surface area contributed by atoms with Crippen molar-refractivity contribution in [3.05, 3.63) is 188 Å². The zero-order valence-electron chi connectivity index (χ0n) is 30.6. The second kappa shape index (κ2) is 12.1. The number of nitriles is 1. The van der Waals surface area contributed by atoms with E-state index in [0.29, 0.717) is 5.56 Å². The molecule has 0 saturated carbocycles. The highest BCUT2D eigenvalue weighted by atomic mass is 16.5. The lowest BCUT2D eigenvalue weighted by molar-refractivity contribution is 0.487. The Hall–Kier alpha value is -7.80. The van der Waals surface area contributed by atoms with Gasteiger partial charge in [-0.25, -0.2) is 4.98 Å². The van der Waals surface area contributed by atoms with E-state index in [-0.39, 0.29) is 0 Å². The molecule has 0 atom stereocenters. The predicted octanol–water partition coefficient (Wildman–Crippen LogP) is 14.6. The fourth-order valence-electron chi connectivity index (χ4n) is 9.06. The number of fused-ring (bicyclic) bond motifs is 3. The van der Waals surface area contributed by atoms with Crippen molar-refractivity contribution in [3.63, 3.8) is 0 Å². The maximum Gasteiger partial charge on any atom is 0.136 e. The van der Waals surface area contributed by atoms with Crippen molar-refractivity contribution in [2.24, 2.45) is 0 Å². The van der Waals surface area contributed by atoms with Crippen molar-refractivity contribution >= 4 is 53.9 Å². The van der Waals surface area contributed by atoms with Gasteiger partial charge < -0.3 is 4.74 Å². The van der Waals surface area contributed by atoms with Crippen LogP contribution in [0.25, 0.3) is 110 Å². The molecule has 0 spiro atoms. The van der Waals surface area contributed by atoms with Crippen LogP contribution in [0.15, 0.2) is 182 Å². The van der Waals surface area contributed by atoms with Gasteiger partial charge >= 0.3 is 0 Å². The van der Waals surface area contributed by atoms with Crippen LogP contribution in [0.2, 0.25) is 0 Å². The Bertz CT molecular complexity index is 3440. The molecule has 0 saturated heterocycles. The summed E-state index contributed by atoms with van der Waals surface area (Å²) in [7, 11) is 0. The summed E-state index contributed by atoms with van der Waals surface area (Å²) in [6.45, 7) is 0. The molecule has 10 aromatic carbocycles. The predicted molar refractivity (Wildman–Crippen MR) is 235 cm³/mol. The lowest BCUT2D eigenvalue weighted by Gasteiger charge is -2.22. The molecule has 0 aliphatic carbocycles. The largest absolute Gasteiger partial charge is 0.456 e. The van der Waals surface area contributed by atoms with Gasteiger partial charge in [-0.2, -0.15) is 5.26 Å². The van der Waals surface area contributed by atoms with E-state index in [1.54, 1.807) is 0 Å². The van der Waals surface area contributed by atoms with Crippen molar-refractivity contribution in [3.8, 4) is 73.5 Å². The van der Waals surface area contributed by atoms with E-state index in [9.17, 15) is 5.26 Å². The molecule has 12 rings (SSSR count). The van der Waals surface area contributed by atoms with Crippen LogP contribution in [0.4, 0.5) is 0 Å². The summed E-state index contributed by atoms with van der Waals surface area (Å²) in [4.78, 5) is 5.06. The third kappa shape index (κ3) is 4.95. The Morgan fingerprint density at radius 2 is 0.947 bits per heavy atom. The number of aromatic nitrogens is 1. The molecule has 1 aromatic heterocycles. The molecule has 1 aliphatic heterocycles. The van der Waals surface area contributed by atoms with Gasteiger partial charge in [-0.1, -0.05) is 109 Å². The highest BCUT2D eigenvalue weighted by Crippen LogP contribution is 2.49. The van der Waals surface area contributed by atoms with Crippen LogP contribution in [0.1, 0.15) is 5.56 Å². The molecule has 2 heterocycles. The van der Waals surface area contributed by atoms with Crippen molar-refractivity contribution in [1.29, 1.82) is 5.26 Å². The first-order chi connectivity index (χ1) is 28.1. The molecule has 3 heteroatoms. The summed E-state index contributed by atoms with van der Waals surface area (Å²) in [5.41, 5.74) is 11.7. The van der Waals surface area contributed by atoms with E-state index in [1.165, 1.54) is 59.8 Å². The zero-order chi connectivity index (χ0) is 37.6. The Kier molecular flexibility index (Phi) is 6.70. The molecule has 262 valence electrons. The second-order valence-electron chi connectivity index (χ2n) is 15.0. The van der Waals surface area contributed by atoms with Crippen molar-refractivity contribution in [2.75, 3.05) is 0 Å². The monoisotopic (exact) mass is 722 g/mol. The smallest absolute Gasteiger partial charge is 0.136 e. The molecular formula is C54H30N2O. The molecule has 0 N–H and O–H groups in total. The maximum absolute atomic E-state index is 9.45. The summed E-state index contributed by atoms with van der Waals surface area (Å²) in [5, 5.41) is 21.6. The minimum absolute atomic E-state index is 0.591. The Labute approximate surface area is 328 Å². The van der Waals surface area contributed by atoms with Crippen molar-refractivity contribution < 1.29 is 4.74 Å². The van der Waals surface area contributed by atoms with Gasteiger partial charge in [0.1, 0.15) is 11.5 Å². The quantitative estimate of drug-likeness (QED) is 0.170. The summed E-state index contributed by atoms with van der Waals surface area (Å²) < 4.78 is 6.36. The maximum atomic E-state index is 9.45. The first-order valence-corrected chi connectivity index (χ1v) is 19.2. The average molecular weight is 723 g/mol. The average Bonchev–Trinajstić information content (AvgIpc) is 3.27. The summed E-state index contributed by atoms with van der Waals surface area (Å²) in [6, 6.07) is 67.1. The van der Waals surface area contributed by atoms with Gasteiger partial charge in [-0.3, -0.25) is 0 Å². The van der Waals surface area contributed by atoms with Gasteiger partial charge in [0.15, 0.2) is 0 Å². The number of hydrogen-bond donors (Lipinski definition) is 0. The van der Waals surface area contributed by atoms with Crippen LogP contribution in [0.3, 0.4) is 0 Å². The van der Waals surface area contributed by atoms with E-state index < -0.39 is 0 Å². The number of hydrogen-bond acceptors (Lipinski definition) is 3. The van der Waals surface area contributed by atoms with Crippen LogP contribution >= 0.6 is 0 Å². The standard InChI is InChI=1S/C54H30N2O/c55-31-32-12-21-45-47-23-22-44(46-8-4-11-50(54(46)47)57-51(45)24-32)37-16-15-34-25-36(14-13-35(34)26-37)42-27-38-17-19-40-29-43(30-41-20-18-39(28-42)52(38)53(40)41)49-10-5-9-48(56-49)33-6-2-1-3-7-33/h1-30H. The van der Waals surface area contributed by atoms with Gasteiger partial charge in [0.2, 0.25) is 0 Å². The lowest BCUT2D eigenvalue weighted by atomic mass is 9.88. The number of ether oxygens (including phenoxy) is 1. The topological polar surface area (TPSA) is 45.9 Å². The number of benzene rings is 10. The summed E-state index contributed by atoms with van der Waals surface area (Å²) in [6.07, 6.45) is 0. The Balaban J connectivity index is 0.902. The van der Waals surface area contributed by atoms with Gasteiger partial charge in [0, 0.05) is 22.1 Å². The molecule has 0 radical (unpaired) electrons. The molecule has 0 unspecified atom stereocenters. The number of pyridine rings is 1. The van der Waals surface area contributed by atoms with Crippen LogP contribution in [0.5, 0.6) is 11.5 Å². The molecule has 0 fully saturated rings. The Morgan fingerprint density at radius 3 is 1.67 bits per heavy atom. The van der Waals surface area contributed by atoms with E-state index in [2.05, 4.69) is 152 Å². The highest BCUT2D eigenvalue weighted by Gasteiger charge is 2.22. The third-order valence-corrected chi connectivity index (χ3v) is 11.8. The fourth-order valence-corrected chi connectivity index (χ4v) is 9.06. The molecule has 3 nitrogen and oxygen atoms in total. The third-order valence-electron chi connectivity index (χ3n) is 11.8. The van der Waals surface area contributed by atoms with Crippen LogP contribution in [-0.2, 0) is 0 Å². The van der Waals surface area contributed by atoms with Crippen molar-refractivity contribution in [2.45, 2.75) is 0 Å². The van der Waals surface area contributed by atoms with Crippen LogP contribution in [-0.4, -0.2) is 4.98 Å². The highest BCUT2D eigenvalue weighted by molar-refractivity contribution is 6.24. The second-order valence-corrected chi connectivity index (χ2v) is 15.0. The minimum atomic E-state index is 0.591. The number of nitrogens with zero attached hydrogens (tertiary/aromatic N) is 2. The SMILES string of the molecule is N#Cc1ccc2c(c1)Oc1cccc3c(-c4ccc5cc(-c6cc7ccc8cc(-c9cccc(-c%10ccccc%10)n9)cc9ccc(c6)c7c89)ccc5c4)ccc-2c13. The summed E-state index contributed by atoms with van der Waals surface area (Å²) >= 11 is 0. The molecule has 1 aliphatic rings. The number of rotatable bonds is 4. The molecule has 11 aromatic rings.